The van der Waals surface area contributed by atoms with Crippen LogP contribution in [0.25, 0.3) is 0 Å². The smallest absolute Gasteiger partial charge is 0.261 e. The highest BCUT2D eigenvalue weighted by molar-refractivity contribution is 5.87. The molecule has 1 unspecified atom stereocenters. The monoisotopic (exact) mass is 414 g/mol. The molecule has 0 spiro atoms. The molecule has 2 aromatic rings. The van der Waals surface area contributed by atoms with Crippen LogP contribution in [0.2, 0.25) is 0 Å². The van der Waals surface area contributed by atoms with Crippen LogP contribution in [0.1, 0.15) is 25.8 Å². The van der Waals surface area contributed by atoms with Gasteiger partial charge in [-0.05, 0) is 55.3 Å². The first-order chi connectivity index (χ1) is 14.5. The van der Waals surface area contributed by atoms with E-state index in [1.165, 1.54) is 4.90 Å². The Labute approximate surface area is 177 Å². The first kappa shape index (κ1) is 23.1. The number of nitrogens with zero attached hydrogens (tertiary/aromatic N) is 1. The van der Waals surface area contributed by atoms with Gasteiger partial charge in [0, 0.05) is 13.1 Å². The fourth-order valence-electron chi connectivity index (χ4n) is 2.85. The maximum atomic E-state index is 13.0. The summed E-state index contributed by atoms with van der Waals surface area (Å²) in [4.78, 5) is 27.0. The average molecular weight is 415 g/mol. The largest absolute Gasteiger partial charge is 0.497 e. The zero-order valence-electron chi connectivity index (χ0n) is 18.0. The molecule has 0 saturated heterocycles. The average Bonchev–Trinajstić information content (AvgIpc) is 2.79. The number of hydrogen-bond acceptors (Lipinski definition) is 5. The molecule has 0 saturated carbocycles. The molecule has 162 valence electrons. The van der Waals surface area contributed by atoms with Crippen LogP contribution in [0.15, 0.2) is 48.5 Å². The van der Waals surface area contributed by atoms with Crippen molar-refractivity contribution in [1.82, 2.24) is 10.2 Å². The van der Waals surface area contributed by atoms with Gasteiger partial charge >= 0.3 is 0 Å². The molecule has 7 heteroatoms. The van der Waals surface area contributed by atoms with Crippen LogP contribution in [0.3, 0.4) is 0 Å². The van der Waals surface area contributed by atoms with Crippen molar-refractivity contribution in [3.8, 4) is 17.2 Å². The third-order valence-electron chi connectivity index (χ3n) is 4.63. The van der Waals surface area contributed by atoms with Crippen LogP contribution in [-0.4, -0.2) is 50.1 Å². The first-order valence-corrected chi connectivity index (χ1v) is 9.95. The van der Waals surface area contributed by atoms with E-state index in [1.54, 1.807) is 45.4 Å². The number of rotatable bonds is 11. The molecule has 0 aliphatic carbocycles. The van der Waals surface area contributed by atoms with Crippen molar-refractivity contribution in [3.05, 3.63) is 54.1 Å². The number of benzene rings is 2. The van der Waals surface area contributed by atoms with Gasteiger partial charge in [-0.3, -0.25) is 9.59 Å². The van der Waals surface area contributed by atoms with Gasteiger partial charge in [-0.2, -0.15) is 0 Å². The maximum absolute atomic E-state index is 13.0. The Balaban J connectivity index is 2.13. The molecule has 7 nitrogen and oxygen atoms in total. The summed E-state index contributed by atoms with van der Waals surface area (Å²) < 4.78 is 16.0. The second-order valence-corrected chi connectivity index (χ2v) is 6.80. The second kappa shape index (κ2) is 11.7. The molecule has 1 atom stereocenters. The Hall–Kier alpha value is -3.22. The minimum atomic E-state index is -0.644. The molecule has 0 heterocycles. The molecule has 0 bridgehead atoms. The summed E-state index contributed by atoms with van der Waals surface area (Å²) in [6.45, 7) is 4.35. The number of carbonyl (C=O) groups is 2. The summed E-state index contributed by atoms with van der Waals surface area (Å²) in [6.07, 6.45) is 0.822. The molecule has 2 aromatic carbocycles. The first-order valence-electron chi connectivity index (χ1n) is 9.95. The Morgan fingerprint density at radius 2 is 1.67 bits per heavy atom. The van der Waals surface area contributed by atoms with Crippen molar-refractivity contribution < 1.29 is 23.8 Å². The Morgan fingerprint density at radius 1 is 1.00 bits per heavy atom. The van der Waals surface area contributed by atoms with E-state index < -0.39 is 6.04 Å². The molecule has 0 aromatic heterocycles. The predicted molar refractivity (Wildman–Crippen MR) is 115 cm³/mol. The van der Waals surface area contributed by atoms with Crippen molar-refractivity contribution in [1.29, 1.82) is 0 Å². The molecule has 0 fully saturated rings. The van der Waals surface area contributed by atoms with Crippen molar-refractivity contribution >= 4 is 11.8 Å². The third kappa shape index (κ3) is 6.69. The third-order valence-corrected chi connectivity index (χ3v) is 4.63. The Kier molecular flexibility index (Phi) is 9.00. The number of amides is 2. The van der Waals surface area contributed by atoms with Gasteiger partial charge in [0.05, 0.1) is 14.2 Å². The lowest BCUT2D eigenvalue weighted by atomic mass is 10.1. The van der Waals surface area contributed by atoms with E-state index in [1.807, 2.05) is 31.2 Å². The summed E-state index contributed by atoms with van der Waals surface area (Å²) in [5, 5.41) is 2.85. The van der Waals surface area contributed by atoms with E-state index in [0.29, 0.717) is 23.8 Å². The minimum absolute atomic E-state index is 0.179. The van der Waals surface area contributed by atoms with E-state index in [9.17, 15) is 9.59 Å². The van der Waals surface area contributed by atoms with E-state index in [2.05, 4.69) is 5.32 Å². The van der Waals surface area contributed by atoms with Crippen molar-refractivity contribution in [2.24, 2.45) is 0 Å². The molecule has 30 heavy (non-hydrogen) atoms. The maximum Gasteiger partial charge on any atom is 0.261 e. The van der Waals surface area contributed by atoms with Crippen molar-refractivity contribution in [2.75, 3.05) is 27.4 Å². The van der Waals surface area contributed by atoms with Crippen LogP contribution in [0.5, 0.6) is 17.2 Å². The molecule has 2 rings (SSSR count). The zero-order valence-corrected chi connectivity index (χ0v) is 18.0. The number of ether oxygens (including phenoxy) is 3. The molecular formula is C23H30N2O5. The van der Waals surface area contributed by atoms with Crippen LogP contribution in [0, 0.1) is 0 Å². The van der Waals surface area contributed by atoms with Crippen LogP contribution < -0.4 is 19.5 Å². The number of hydrogen-bond donors (Lipinski definition) is 1. The number of methoxy groups -OCH3 is 2. The van der Waals surface area contributed by atoms with E-state index >= 15 is 0 Å². The highest BCUT2D eigenvalue weighted by Gasteiger charge is 2.26. The highest BCUT2D eigenvalue weighted by atomic mass is 16.5. The fourth-order valence-corrected chi connectivity index (χ4v) is 2.85. The van der Waals surface area contributed by atoms with Crippen LogP contribution in [0.4, 0.5) is 0 Å². The summed E-state index contributed by atoms with van der Waals surface area (Å²) in [6, 6.07) is 13.8. The van der Waals surface area contributed by atoms with Gasteiger partial charge in [0.1, 0.15) is 23.3 Å². The SMILES string of the molecule is CCCNC(=O)C(C)N(Cc1cccc(OC)c1)C(=O)COc1ccc(OC)cc1. The lowest BCUT2D eigenvalue weighted by molar-refractivity contribution is -0.142. The quantitative estimate of drug-likeness (QED) is 0.612. The van der Waals surface area contributed by atoms with Crippen molar-refractivity contribution in [2.45, 2.75) is 32.9 Å². The number of carbonyl (C=O) groups excluding carboxylic acids is 2. The van der Waals surface area contributed by atoms with E-state index in [-0.39, 0.29) is 25.0 Å². The summed E-state index contributed by atoms with van der Waals surface area (Å²) in [7, 11) is 3.17. The van der Waals surface area contributed by atoms with Gasteiger partial charge in [-0.1, -0.05) is 19.1 Å². The summed E-state index contributed by atoms with van der Waals surface area (Å²) in [5.74, 6) is 1.46. The van der Waals surface area contributed by atoms with Crippen LogP contribution in [-0.2, 0) is 16.1 Å². The molecule has 0 aliphatic rings. The van der Waals surface area contributed by atoms with E-state index in [0.717, 1.165) is 12.0 Å². The standard InChI is InChI=1S/C23H30N2O5/c1-5-13-24-23(27)17(2)25(15-18-7-6-8-21(14-18)29-4)22(26)16-30-20-11-9-19(28-3)10-12-20/h6-12,14,17H,5,13,15-16H2,1-4H3,(H,24,27). The molecular weight excluding hydrogens is 384 g/mol. The van der Waals surface area contributed by atoms with Gasteiger partial charge in [-0.15, -0.1) is 0 Å². The lowest BCUT2D eigenvalue weighted by Gasteiger charge is -2.28. The van der Waals surface area contributed by atoms with Gasteiger partial charge in [0.2, 0.25) is 5.91 Å². The lowest BCUT2D eigenvalue weighted by Crippen LogP contribution is -2.49. The Bertz CT molecular complexity index is 823. The minimum Gasteiger partial charge on any atom is -0.497 e. The predicted octanol–water partition coefficient (Wildman–Crippen LogP) is 3.03. The second-order valence-electron chi connectivity index (χ2n) is 6.80. The van der Waals surface area contributed by atoms with Crippen LogP contribution >= 0.6 is 0 Å². The van der Waals surface area contributed by atoms with Gasteiger partial charge < -0.3 is 24.4 Å². The topological polar surface area (TPSA) is 77.1 Å². The summed E-state index contributed by atoms with van der Waals surface area (Å²) in [5.41, 5.74) is 0.863. The van der Waals surface area contributed by atoms with Gasteiger partial charge in [0.15, 0.2) is 6.61 Å². The van der Waals surface area contributed by atoms with E-state index in [4.69, 9.17) is 14.2 Å². The molecule has 2 amide bonds. The van der Waals surface area contributed by atoms with Crippen molar-refractivity contribution in [3.63, 3.8) is 0 Å². The highest BCUT2D eigenvalue weighted by Crippen LogP contribution is 2.19. The van der Waals surface area contributed by atoms with Gasteiger partial charge in [0.25, 0.3) is 5.91 Å². The summed E-state index contributed by atoms with van der Waals surface area (Å²) >= 11 is 0. The molecule has 0 aliphatic heterocycles. The van der Waals surface area contributed by atoms with Gasteiger partial charge in [-0.25, -0.2) is 0 Å². The molecule has 0 radical (unpaired) electrons. The zero-order chi connectivity index (χ0) is 21.9. The number of nitrogens with one attached hydrogen (secondary N) is 1. The molecule has 1 N–H and O–H groups in total. The fraction of sp³-hybridized carbons (Fsp3) is 0.391. The normalized spacial score (nSPS) is 11.3. The Morgan fingerprint density at radius 3 is 2.30 bits per heavy atom.